The highest BCUT2D eigenvalue weighted by Gasteiger charge is 2.21. The maximum absolute atomic E-state index is 3.63. The van der Waals surface area contributed by atoms with Crippen LogP contribution in [-0.4, -0.2) is 10.6 Å². The van der Waals surface area contributed by atoms with Gasteiger partial charge in [-0.25, -0.2) is 0 Å². The van der Waals surface area contributed by atoms with Gasteiger partial charge in [-0.1, -0.05) is 11.6 Å². The molecular weight excluding hydrogens is 220 g/mol. The zero-order valence-corrected chi connectivity index (χ0v) is 11.8. The molecule has 1 aliphatic carbocycles. The van der Waals surface area contributed by atoms with E-state index >= 15 is 0 Å². The number of benzene rings is 1. The van der Waals surface area contributed by atoms with Crippen molar-refractivity contribution in [2.75, 3.05) is 0 Å². The fraction of sp³-hybridized carbons (Fsp3) is 0.500. The van der Waals surface area contributed by atoms with Crippen molar-refractivity contribution in [2.24, 2.45) is 7.05 Å². The highest BCUT2D eigenvalue weighted by atomic mass is 15.0. The summed E-state index contributed by atoms with van der Waals surface area (Å²) >= 11 is 0. The van der Waals surface area contributed by atoms with Crippen LogP contribution in [-0.2, 0) is 13.6 Å². The van der Waals surface area contributed by atoms with Gasteiger partial charge in [0.1, 0.15) is 0 Å². The molecule has 2 aromatic rings. The van der Waals surface area contributed by atoms with Crippen LogP contribution in [0.2, 0.25) is 0 Å². The Kier molecular flexibility index (Phi) is 2.70. The summed E-state index contributed by atoms with van der Waals surface area (Å²) in [6, 6.07) is 5.36. The quantitative estimate of drug-likeness (QED) is 0.873. The largest absolute Gasteiger partial charge is 0.346 e. The van der Waals surface area contributed by atoms with Crippen molar-refractivity contribution in [3.8, 4) is 0 Å². The average Bonchev–Trinajstić information content (AvgIpc) is 3.08. The number of aromatic nitrogens is 1. The molecule has 0 atom stereocenters. The maximum atomic E-state index is 3.63. The summed E-state index contributed by atoms with van der Waals surface area (Å²) in [4.78, 5) is 0. The van der Waals surface area contributed by atoms with Crippen LogP contribution in [0.1, 0.15) is 35.2 Å². The Hall–Kier alpha value is -1.28. The third kappa shape index (κ3) is 1.85. The van der Waals surface area contributed by atoms with Gasteiger partial charge in [-0.3, -0.25) is 0 Å². The van der Waals surface area contributed by atoms with Gasteiger partial charge < -0.3 is 9.88 Å². The lowest BCUT2D eigenvalue weighted by molar-refractivity contribution is 0.652. The predicted octanol–water partition coefficient (Wildman–Crippen LogP) is 3.36. The second-order valence-corrected chi connectivity index (χ2v) is 5.76. The number of hydrogen-bond acceptors (Lipinski definition) is 1. The molecule has 1 fully saturated rings. The number of fused-ring (bicyclic) bond motifs is 1. The molecule has 1 N–H and O–H groups in total. The Bertz CT molecular complexity index is 603. The zero-order chi connectivity index (χ0) is 12.9. The first-order valence-corrected chi connectivity index (χ1v) is 6.86. The first-order chi connectivity index (χ1) is 8.58. The van der Waals surface area contributed by atoms with Crippen molar-refractivity contribution >= 4 is 10.9 Å². The number of aryl methyl sites for hydroxylation is 4. The molecule has 0 unspecified atom stereocenters. The van der Waals surface area contributed by atoms with E-state index in [2.05, 4.69) is 49.8 Å². The Morgan fingerprint density at radius 3 is 2.61 bits per heavy atom. The van der Waals surface area contributed by atoms with Gasteiger partial charge in [-0.05, 0) is 50.8 Å². The third-order valence-corrected chi connectivity index (χ3v) is 4.16. The molecule has 1 aromatic carbocycles. The molecule has 0 bridgehead atoms. The standard InChI is InChI=1S/C16H22N2/c1-10-7-11(2)16-14(8-10)12(3)15(18(16)4)9-17-13-5-6-13/h7-8,13,17H,5-6,9H2,1-4H3. The third-order valence-electron chi connectivity index (χ3n) is 4.16. The van der Waals surface area contributed by atoms with Gasteiger partial charge in [-0.15, -0.1) is 0 Å². The van der Waals surface area contributed by atoms with Gasteiger partial charge in [0.05, 0.1) is 5.52 Å². The Morgan fingerprint density at radius 2 is 1.94 bits per heavy atom. The topological polar surface area (TPSA) is 17.0 Å². The fourth-order valence-electron chi connectivity index (χ4n) is 3.01. The first-order valence-electron chi connectivity index (χ1n) is 6.86. The lowest BCUT2D eigenvalue weighted by Crippen LogP contribution is -2.18. The molecule has 1 aromatic heterocycles. The van der Waals surface area contributed by atoms with Crippen molar-refractivity contribution in [3.05, 3.63) is 34.5 Å². The summed E-state index contributed by atoms with van der Waals surface area (Å²) in [5, 5.41) is 5.05. The number of rotatable bonds is 3. The second-order valence-electron chi connectivity index (χ2n) is 5.76. The van der Waals surface area contributed by atoms with E-state index in [4.69, 9.17) is 0 Å². The van der Waals surface area contributed by atoms with E-state index in [1.165, 1.54) is 46.1 Å². The summed E-state index contributed by atoms with van der Waals surface area (Å²) in [6.45, 7) is 7.65. The van der Waals surface area contributed by atoms with Crippen LogP contribution < -0.4 is 5.32 Å². The van der Waals surface area contributed by atoms with Gasteiger partial charge in [0.15, 0.2) is 0 Å². The van der Waals surface area contributed by atoms with Crippen molar-refractivity contribution in [1.82, 2.24) is 9.88 Å². The Balaban J connectivity index is 2.10. The summed E-state index contributed by atoms with van der Waals surface area (Å²) in [5.74, 6) is 0. The molecule has 96 valence electrons. The fourth-order valence-corrected chi connectivity index (χ4v) is 3.01. The minimum atomic E-state index is 0.769. The number of nitrogens with one attached hydrogen (secondary N) is 1. The smallest absolute Gasteiger partial charge is 0.0512 e. The van der Waals surface area contributed by atoms with E-state index in [0.717, 1.165) is 12.6 Å². The molecule has 0 saturated heterocycles. The van der Waals surface area contributed by atoms with E-state index in [-0.39, 0.29) is 0 Å². The van der Waals surface area contributed by atoms with Crippen LogP contribution in [0.5, 0.6) is 0 Å². The molecule has 1 aliphatic rings. The van der Waals surface area contributed by atoms with Crippen LogP contribution >= 0.6 is 0 Å². The maximum Gasteiger partial charge on any atom is 0.0512 e. The summed E-state index contributed by atoms with van der Waals surface area (Å²) in [6.07, 6.45) is 2.70. The van der Waals surface area contributed by atoms with Crippen molar-refractivity contribution in [1.29, 1.82) is 0 Å². The number of nitrogens with zero attached hydrogens (tertiary/aromatic N) is 1. The molecule has 0 amide bonds. The first kappa shape index (κ1) is 11.8. The molecule has 0 radical (unpaired) electrons. The highest BCUT2D eigenvalue weighted by Crippen LogP contribution is 2.29. The van der Waals surface area contributed by atoms with Gasteiger partial charge in [-0.2, -0.15) is 0 Å². The molecule has 2 heteroatoms. The van der Waals surface area contributed by atoms with Gasteiger partial charge >= 0.3 is 0 Å². The molecule has 0 aliphatic heterocycles. The Labute approximate surface area is 109 Å². The lowest BCUT2D eigenvalue weighted by atomic mass is 10.1. The minimum Gasteiger partial charge on any atom is -0.346 e. The highest BCUT2D eigenvalue weighted by molar-refractivity contribution is 5.88. The van der Waals surface area contributed by atoms with E-state index < -0.39 is 0 Å². The predicted molar refractivity (Wildman–Crippen MR) is 77.0 cm³/mol. The molecular formula is C16H22N2. The molecule has 3 rings (SSSR count). The molecule has 18 heavy (non-hydrogen) atoms. The zero-order valence-electron chi connectivity index (χ0n) is 11.8. The second kappa shape index (κ2) is 4.13. The monoisotopic (exact) mass is 242 g/mol. The van der Waals surface area contributed by atoms with Gasteiger partial charge in [0.25, 0.3) is 0 Å². The van der Waals surface area contributed by atoms with Crippen LogP contribution in [0.15, 0.2) is 12.1 Å². The SMILES string of the molecule is Cc1cc(C)c2c(c1)c(C)c(CNC1CC1)n2C. The summed E-state index contributed by atoms with van der Waals surface area (Å²) in [5.41, 5.74) is 7.01. The molecule has 0 spiro atoms. The van der Waals surface area contributed by atoms with Crippen LogP contribution in [0, 0.1) is 20.8 Å². The van der Waals surface area contributed by atoms with E-state index in [0.29, 0.717) is 0 Å². The number of hydrogen-bond donors (Lipinski definition) is 1. The molecule has 1 heterocycles. The van der Waals surface area contributed by atoms with Gasteiger partial charge in [0, 0.05) is 30.7 Å². The lowest BCUT2D eigenvalue weighted by Gasteiger charge is -2.07. The summed E-state index contributed by atoms with van der Waals surface area (Å²) < 4.78 is 2.37. The molecule has 1 saturated carbocycles. The minimum absolute atomic E-state index is 0.769. The van der Waals surface area contributed by atoms with E-state index in [1.54, 1.807) is 0 Å². The van der Waals surface area contributed by atoms with E-state index in [9.17, 15) is 0 Å². The van der Waals surface area contributed by atoms with Crippen LogP contribution in [0.3, 0.4) is 0 Å². The van der Waals surface area contributed by atoms with Crippen molar-refractivity contribution in [3.63, 3.8) is 0 Å². The van der Waals surface area contributed by atoms with Gasteiger partial charge in [0.2, 0.25) is 0 Å². The van der Waals surface area contributed by atoms with Crippen LogP contribution in [0.4, 0.5) is 0 Å². The summed E-state index contributed by atoms with van der Waals surface area (Å²) in [7, 11) is 2.20. The van der Waals surface area contributed by atoms with Crippen molar-refractivity contribution in [2.45, 2.75) is 46.2 Å². The van der Waals surface area contributed by atoms with Crippen LogP contribution in [0.25, 0.3) is 10.9 Å². The normalized spacial score (nSPS) is 15.6. The van der Waals surface area contributed by atoms with E-state index in [1.807, 2.05) is 0 Å². The van der Waals surface area contributed by atoms with Crippen molar-refractivity contribution < 1.29 is 0 Å². The Morgan fingerprint density at radius 1 is 1.22 bits per heavy atom. The average molecular weight is 242 g/mol. The molecule has 2 nitrogen and oxygen atoms in total.